The third kappa shape index (κ3) is 4.18. The number of thiazole rings is 1. The van der Waals surface area contributed by atoms with Crippen molar-refractivity contribution in [2.45, 2.75) is 12.8 Å². The molecule has 0 saturated carbocycles. The molecule has 0 aliphatic rings. The van der Waals surface area contributed by atoms with Crippen molar-refractivity contribution in [2.75, 3.05) is 5.32 Å². The van der Waals surface area contributed by atoms with Crippen molar-refractivity contribution in [3.63, 3.8) is 0 Å². The Morgan fingerprint density at radius 3 is 2.06 bits per heavy atom. The largest absolute Gasteiger partial charge is 0.325 e. The molecule has 0 unspecified atom stereocenters. The van der Waals surface area contributed by atoms with Crippen LogP contribution in [0.2, 0.25) is 0 Å². The van der Waals surface area contributed by atoms with Gasteiger partial charge in [-0.3, -0.25) is 4.79 Å². The van der Waals surface area contributed by atoms with Crippen LogP contribution in [0, 0.1) is 6.92 Å². The SMILES string of the molecule is Cc1ccc2nc(-c3ccc(NC(=O)C(c4ccccc4)c4ccccc4)cc3)sc2c1. The van der Waals surface area contributed by atoms with Crippen molar-refractivity contribution in [2.24, 2.45) is 0 Å². The van der Waals surface area contributed by atoms with Crippen molar-refractivity contribution < 1.29 is 4.79 Å². The van der Waals surface area contributed by atoms with Crippen LogP contribution in [-0.2, 0) is 4.79 Å². The molecule has 0 radical (unpaired) electrons. The van der Waals surface area contributed by atoms with E-state index in [0.29, 0.717) is 0 Å². The van der Waals surface area contributed by atoms with E-state index in [-0.39, 0.29) is 11.8 Å². The molecule has 0 fully saturated rings. The number of rotatable bonds is 5. The van der Waals surface area contributed by atoms with Gasteiger partial charge in [0.2, 0.25) is 5.91 Å². The van der Waals surface area contributed by atoms with Gasteiger partial charge < -0.3 is 5.32 Å². The van der Waals surface area contributed by atoms with Gasteiger partial charge in [-0.2, -0.15) is 0 Å². The molecule has 1 amide bonds. The first-order valence-corrected chi connectivity index (χ1v) is 11.4. The maximum absolute atomic E-state index is 13.3. The minimum atomic E-state index is -0.371. The summed E-state index contributed by atoms with van der Waals surface area (Å²) >= 11 is 1.69. The Labute approximate surface area is 191 Å². The molecule has 1 N–H and O–H groups in total. The summed E-state index contributed by atoms with van der Waals surface area (Å²) in [7, 11) is 0. The number of fused-ring (bicyclic) bond motifs is 1. The highest BCUT2D eigenvalue weighted by Crippen LogP contribution is 2.32. The average Bonchev–Trinajstić information content (AvgIpc) is 3.24. The number of hydrogen-bond donors (Lipinski definition) is 1. The second-order valence-corrected chi connectivity index (χ2v) is 8.84. The van der Waals surface area contributed by atoms with Crippen LogP contribution in [0.15, 0.2) is 103 Å². The molecule has 0 spiro atoms. The number of nitrogens with one attached hydrogen (secondary N) is 1. The molecule has 3 nitrogen and oxygen atoms in total. The first-order chi connectivity index (χ1) is 15.7. The van der Waals surface area contributed by atoms with Gasteiger partial charge in [-0.25, -0.2) is 4.98 Å². The molecule has 4 heteroatoms. The van der Waals surface area contributed by atoms with Gasteiger partial charge in [0.05, 0.1) is 16.1 Å². The molecule has 0 aliphatic carbocycles. The van der Waals surface area contributed by atoms with Gasteiger partial charge in [-0.05, 0) is 60.0 Å². The average molecular weight is 435 g/mol. The number of aromatic nitrogens is 1. The number of benzene rings is 4. The van der Waals surface area contributed by atoms with Crippen LogP contribution in [0.25, 0.3) is 20.8 Å². The van der Waals surface area contributed by atoms with Crippen molar-refractivity contribution in [1.82, 2.24) is 4.98 Å². The number of amides is 1. The van der Waals surface area contributed by atoms with E-state index < -0.39 is 0 Å². The quantitative estimate of drug-likeness (QED) is 0.322. The molecule has 0 atom stereocenters. The molecule has 5 aromatic rings. The second kappa shape index (κ2) is 8.77. The zero-order valence-corrected chi connectivity index (χ0v) is 18.5. The molecule has 0 bridgehead atoms. The Bertz CT molecular complexity index is 1320. The monoisotopic (exact) mass is 434 g/mol. The minimum absolute atomic E-state index is 0.0504. The van der Waals surface area contributed by atoms with Crippen LogP contribution >= 0.6 is 11.3 Å². The first-order valence-electron chi connectivity index (χ1n) is 10.6. The van der Waals surface area contributed by atoms with Crippen LogP contribution in [0.1, 0.15) is 22.6 Å². The highest BCUT2D eigenvalue weighted by molar-refractivity contribution is 7.21. The van der Waals surface area contributed by atoms with E-state index in [2.05, 4.69) is 30.4 Å². The smallest absolute Gasteiger partial charge is 0.236 e. The number of carbonyl (C=O) groups is 1. The van der Waals surface area contributed by atoms with Crippen LogP contribution in [-0.4, -0.2) is 10.9 Å². The summed E-state index contributed by atoms with van der Waals surface area (Å²) in [5.41, 5.74) is 6.01. The molecule has 0 saturated heterocycles. The van der Waals surface area contributed by atoms with Crippen molar-refractivity contribution >= 4 is 33.1 Å². The van der Waals surface area contributed by atoms with Gasteiger partial charge in [-0.1, -0.05) is 66.7 Å². The third-order valence-electron chi connectivity index (χ3n) is 5.47. The number of aryl methyl sites for hydroxylation is 1. The van der Waals surface area contributed by atoms with Gasteiger partial charge >= 0.3 is 0 Å². The third-order valence-corrected chi connectivity index (χ3v) is 6.54. The van der Waals surface area contributed by atoms with Gasteiger partial charge in [0.25, 0.3) is 0 Å². The predicted molar refractivity (Wildman–Crippen MR) is 133 cm³/mol. The standard InChI is InChI=1S/C28H22N2OS/c1-19-12-17-24-25(18-19)32-28(30-24)22-13-15-23(16-14-22)29-27(31)26(20-8-4-2-5-9-20)21-10-6-3-7-11-21/h2-18,26H,1H3,(H,29,31). The van der Waals surface area contributed by atoms with E-state index in [1.54, 1.807) is 11.3 Å². The van der Waals surface area contributed by atoms with Crippen LogP contribution in [0.4, 0.5) is 5.69 Å². The molecule has 1 heterocycles. The maximum atomic E-state index is 13.3. The zero-order valence-electron chi connectivity index (χ0n) is 17.7. The highest BCUT2D eigenvalue weighted by Gasteiger charge is 2.22. The van der Waals surface area contributed by atoms with Gasteiger partial charge in [-0.15, -0.1) is 11.3 Å². The van der Waals surface area contributed by atoms with E-state index in [4.69, 9.17) is 4.98 Å². The normalized spacial score (nSPS) is 11.1. The second-order valence-electron chi connectivity index (χ2n) is 7.81. The number of nitrogens with zero attached hydrogens (tertiary/aromatic N) is 1. The Kier molecular flexibility index (Phi) is 5.53. The van der Waals surface area contributed by atoms with Crippen LogP contribution in [0.3, 0.4) is 0 Å². The highest BCUT2D eigenvalue weighted by atomic mass is 32.1. The lowest BCUT2D eigenvalue weighted by atomic mass is 9.90. The maximum Gasteiger partial charge on any atom is 0.236 e. The molecular formula is C28H22N2OS. The summed E-state index contributed by atoms with van der Waals surface area (Å²) in [4.78, 5) is 18.0. The van der Waals surface area contributed by atoms with E-state index in [0.717, 1.165) is 32.9 Å². The Balaban J connectivity index is 1.39. The summed E-state index contributed by atoms with van der Waals surface area (Å²) in [5.74, 6) is -0.421. The first kappa shape index (κ1) is 20.2. The van der Waals surface area contributed by atoms with E-state index in [1.807, 2.05) is 84.9 Å². The predicted octanol–water partition coefficient (Wildman–Crippen LogP) is 7.04. The van der Waals surface area contributed by atoms with E-state index in [9.17, 15) is 4.79 Å². The molecule has 1 aromatic heterocycles. The van der Waals surface area contributed by atoms with E-state index in [1.165, 1.54) is 10.3 Å². The van der Waals surface area contributed by atoms with Crippen molar-refractivity contribution in [1.29, 1.82) is 0 Å². The van der Waals surface area contributed by atoms with Crippen molar-refractivity contribution in [3.8, 4) is 10.6 Å². The molecule has 32 heavy (non-hydrogen) atoms. The Morgan fingerprint density at radius 2 is 1.44 bits per heavy atom. The number of carbonyl (C=O) groups excluding carboxylic acids is 1. The zero-order chi connectivity index (χ0) is 21.9. The van der Waals surface area contributed by atoms with Gasteiger partial charge in [0.15, 0.2) is 0 Å². The Hall–Kier alpha value is -3.76. The van der Waals surface area contributed by atoms with Crippen LogP contribution in [0.5, 0.6) is 0 Å². The molecule has 5 rings (SSSR count). The fraction of sp³-hybridized carbons (Fsp3) is 0.0714. The lowest BCUT2D eigenvalue weighted by Gasteiger charge is -2.18. The van der Waals surface area contributed by atoms with Gasteiger partial charge in [0.1, 0.15) is 5.01 Å². The summed E-state index contributed by atoms with van der Waals surface area (Å²) in [6.07, 6.45) is 0. The topological polar surface area (TPSA) is 42.0 Å². The van der Waals surface area contributed by atoms with Crippen molar-refractivity contribution in [3.05, 3.63) is 120 Å². The molecule has 4 aromatic carbocycles. The molecule has 156 valence electrons. The molecular weight excluding hydrogens is 412 g/mol. The number of anilines is 1. The van der Waals surface area contributed by atoms with Gasteiger partial charge in [0, 0.05) is 11.3 Å². The van der Waals surface area contributed by atoms with Crippen LogP contribution < -0.4 is 5.32 Å². The fourth-order valence-electron chi connectivity index (χ4n) is 3.85. The Morgan fingerprint density at radius 1 is 0.812 bits per heavy atom. The minimum Gasteiger partial charge on any atom is -0.325 e. The summed E-state index contributed by atoms with van der Waals surface area (Å²) in [6, 6.07) is 34.0. The summed E-state index contributed by atoms with van der Waals surface area (Å²) in [6.45, 7) is 2.09. The summed E-state index contributed by atoms with van der Waals surface area (Å²) < 4.78 is 1.19. The molecule has 0 aliphatic heterocycles. The lowest BCUT2D eigenvalue weighted by Crippen LogP contribution is -2.22. The number of hydrogen-bond acceptors (Lipinski definition) is 3. The lowest BCUT2D eigenvalue weighted by molar-refractivity contribution is -0.116. The summed E-state index contributed by atoms with van der Waals surface area (Å²) in [5, 5.41) is 4.08. The fourth-order valence-corrected chi connectivity index (χ4v) is 4.92. The van der Waals surface area contributed by atoms with E-state index >= 15 is 0 Å².